The van der Waals surface area contributed by atoms with E-state index in [9.17, 15) is 9.59 Å². The summed E-state index contributed by atoms with van der Waals surface area (Å²) in [4.78, 5) is 28.1. The van der Waals surface area contributed by atoms with E-state index in [1.165, 1.54) is 30.7 Å². The minimum Gasteiger partial charge on any atom is -0.452 e. The predicted octanol–water partition coefficient (Wildman–Crippen LogP) is 3.34. The second kappa shape index (κ2) is 7.66. The van der Waals surface area contributed by atoms with Crippen LogP contribution in [0, 0.1) is 0 Å². The van der Waals surface area contributed by atoms with Gasteiger partial charge in [0.1, 0.15) is 5.82 Å². The quantitative estimate of drug-likeness (QED) is 0.832. The molecule has 2 aromatic rings. The molecule has 0 spiro atoms. The fourth-order valence-corrected chi connectivity index (χ4v) is 2.98. The molecule has 0 aliphatic heterocycles. The van der Waals surface area contributed by atoms with E-state index in [0.717, 1.165) is 18.4 Å². The highest BCUT2D eigenvalue weighted by Gasteiger charge is 2.19. The van der Waals surface area contributed by atoms with E-state index in [4.69, 9.17) is 16.3 Å². The van der Waals surface area contributed by atoms with Gasteiger partial charge in [-0.25, -0.2) is 4.98 Å². The minimum absolute atomic E-state index is 0.157. The minimum atomic E-state index is -0.903. The number of pyridine rings is 1. The number of amides is 1. The van der Waals surface area contributed by atoms with Crippen molar-refractivity contribution < 1.29 is 14.3 Å². The number of ether oxygens (including phenoxy) is 1. The highest BCUT2D eigenvalue weighted by molar-refractivity contribution is 6.30. The van der Waals surface area contributed by atoms with E-state index >= 15 is 0 Å². The molecule has 130 valence electrons. The summed E-state index contributed by atoms with van der Waals surface area (Å²) in [5.41, 5.74) is 3.59. The van der Waals surface area contributed by atoms with E-state index in [1.54, 1.807) is 12.1 Å². The van der Waals surface area contributed by atoms with Gasteiger partial charge in [-0.3, -0.25) is 9.59 Å². The van der Waals surface area contributed by atoms with Gasteiger partial charge in [0.05, 0.1) is 11.4 Å². The number of carbonyl (C=O) groups is 2. The van der Waals surface area contributed by atoms with Crippen molar-refractivity contribution in [2.24, 2.45) is 0 Å². The first-order valence-corrected chi connectivity index (χ1v) is 8.61. The van der Waals surface area contributed by atoms with Gasteiger partial charge < -0.3 is 10.1 Å². The lowest BCUT2D eigenvalue weighted by atomic mass is 10.0. The Labute approximate surface area is 151 Å². The van der Waals surface area contributed by atoms with Gasteiger partial charge in [0.2, 0.25) is 0 Å². The lowest BCUT2D eigenvalue weighted by Crippen LogP contribution is -2.30. The molecule has 1 atom stereocenters. The number of esters is 1. The number of aryl methyl sites for hydroxylation is 2. The number of halogens is 1. The van der Waals surface area contributed by atoms with Crippen molar-refractivity contribution in [3.63, 3.8) is 0 Å². The number of benzene rings is 1. The fraction of sp³-hybridized carbons (Fsp3) is 0.316. The number of hydrogen-bond donors (Lipinski definition) is 1. The number of nitrogens with one attached hydrogen (secondary N) is 1. The van der Waals surface area contributed by atoms with Crippen LogP contribution in [0.5, 0.6) is 0 Å². The normalized spacial score (nSPS) is 13.8. The molecule has 0 saturated heterocycles. The van der Waals surface area contributed by atoms with E-state index < -0.39 is 18.0 Å². The average Bonchev–Trinajstić information content (AvgIpc) is 3.04. The smallest absolute Gasteiger partial charge is 0.311 e. The van der Waals surface area contributed by atoms with Gasteiger partial charge in [-0.15, -0.1) is 0 Å². The van der Waals surface area contributed by atoms with Crippen LogP contribution in [0.2, 0.25) is 5.02 Å². The Morgan fingerprint density at radius 2 is 2.04 bits per heavy atom. The average molecular weight is 359 g/mol. The number of aromatic nitrogens is 1. The molecule has 1 aliphatic rings. The van der Waals surface area contributed by atoms with E-state index in [2.05, 4.69) is 22.4 Å². The van der Waals surface area contributed by atoms with Crippen LogP contribution in [0.15, 0.2) is 36.5 Å². The van der Waals surface area contributed by atoms with Crippen LogP contribution in [0.25, 0.3) is 0 Å². The molecule has 1 aliphatic carbocycles. The highest BCUT2D eigenvalue weighted by Crippen LogP contribution is 2.23. The van der Waals surface area contributed by atoms with Gasteiger partial charge >= 0.3 is 5.97 Å². The van der Waals surface area contributed by atoms with Crippen molar-refractivity contribution in [2.75, 3.05) is 5.32 Å². The number of fused-ring (bicyclic) bond motifs is 1. The summed E-state index contributed by atoms with van der Waals surface area (Å²) in [6, 6.07) is 9.29. The van der Waals surface area contributed by atoms with Gasteiger partial charge in [0, 0.05) is 6.20 Å². The van der Waals surface area contributed by atoms with Crippen LogP contribution in [0.3, 0.4) is 0 Å². The Morgan fingerprint density at radius 3 is 2.80 bits per heavy atom. The lowest BCUT2D eigenvalue weighted by molar-refractivity contribution is -0.152. The zero-order chi connectivity index (χ0) is 17.8. The van der Waals surface area contributed by atoms with Crippen molar-refractivity contribution >= 4 is 29.3 Å². The second-order valence-electron chi connectivity index (χ2n) is 6.12. The van der Waals surface area contributed by atoms with Crippen molar-refractivity contribution in [3.8, 4) is 0 Å². The van der Waals surface area contributed by atoms with Crippen LogP contribution < -0.4 is 5.32 Å². The molecule has 1 N–H and O–H groups in total. The van der Waals surface area contributed by atoms with Crippen LogP contribution in [-0.2, 0) is 33.6 Å². The maximum absolute atomic E-state index is 12.1. The molecule has 0 unspecified atom stereocenters. The third-order valence-corrected chi connectivity index (χ3v) is 4.39. The first-order chi connectivity index (χ1) is 12.0. The lowest BCUT2D eigenvalue weighted by Gasteiger charge is -2.13. The third-order valence-electron chi connectivity index (χ3n) is 4.17. The van der Waals surface area contributed by atoms with Crippen LogP contribution in [0.1, 0.15) is 30.0 Å². The molecule has 1 aromatic heterocycles. The first-order valence-electron chi connectivity index (χ1n) is 8.24. The molecule has 1 heterocycles. The van der Waals surface area contributed by atoms with Crippen LogP contribution in [-0.4, -0.2) is 23.0 Å². The van der Waals surface area contributed by atoms with Gasteiger partial charge in [-0.1, -0.05) is 29.8 Å². The van der Waals surface area contributed by atoms with E-state index in [1.807, 2.05) is 6.07 Å². The zero-order valence-corrected chi connectivity index (χ0v) is 14.7. The monoisotopic (exact) mass is 358 g/mol. The summed E-state index contributed by atoms with van der Waals surface area (Å²) in [5, 5.41) is 3.06. The molecule has 1 aromatic carbocycles. The number of carbonyl (C=O) groups excluding carboxylic acids is 2. The summed E-state index contributed by atoms with van der Waals surface area (Å²) in [5.74, 6) is -0.502. The molecule has 3 rings (SSSR count). The molecule has 0 radical (unpaired) electrons. The Morgan fingerprint density at radius 1 is 1.24 bits per heavy atom. The number of nitrogens with zero attached hydrogens (tertiary/aromatic N) is 1. The largest absolute Gasteiger partial charge is 0.452 e. The van der Waals surface area contributed by atoms with Crippen LogP contribution in [0.4, 0.5) is 5.82 Å². The Balaban J connectivity index is 1.53. The predicted molar refractivity (Wildman–Crippen MR) is 95.6 cm³/mol. The maximum Gasteiger partial charge on any atom is 0.311 e. The van der Waals surface area contributed by atoms with Crippen molar-refractivity contribution in [1.82, 2.24) is 4.98 Å². The molecule has 0 fully saturated rings. The Kier molecular flexibility index (Phi) is 5.34. The molecule has 5 nitrogen and oxygen atoms in total. The second-order valence-corrected chi connectivity index (χ2v) is 6.55. The van der Waals surface area contributed by atoms with Gasteiger partial charge in [0.15, 0.2) is 6.10 Å². The number of rotatable bonds is 5. The van der Waals surface area contributed by atoms with Gasteiger partial charge in [0.25, 0.3) is 5.91 Å². The van der Waals surface area contributed by atoms with Gasteiger partial charge in [-0.2, -0.15) is 0 Å². The molecule has 6 heteroatoms. The summed E-state index contributed by atoms with van der Waals surface area (Å²) in [7, 11) is 0. The Bertz CT molecular complexity index is 790. The number of hydrogen-bond acceptors (Lipinski definition) is 4. The molecular formula is C19H19ClN2O3. The fourth-order valence-electron chi connectivity index (χ4n) is 2.87. The van der Waals surface area contributed by atoms with Crippen molar-refractivity contribution in [3.05, 3.63) is 58.2 Å². The first kappa shape index (κ1) is 17.4. The summed E-state index contributed by atoms with van der Waals surface area (Å²) >= 11 is 5.75. The van der Waals surface area contributed by atoms with Crippen molar-refractivity contribution in [2.45, 2.75) is 38.7 Å². The van der Waals surface area contributed by atoms with Gasteiger partial charge in [-0.05, 0) is 55.0 Å². The zero-order valence-electron chi connectivity index (χ0n) is 13.9. The third kappa shape index (κ3) is 4.57. The molecule has 1 amide bonds. The molecule has 25 heavy (non-hydrogen) atoms. The summed E-state index contributed by atoms with van der Waals surface area (Å²) in [6.07, 6.45) is 4.02. The van der Waals surface area contributed by atoms with Crippen molar-refractivity contribution in [1.29, 1.82) is 0 Å². The highest BCUT2D eigenvalue weighted by atomic mass is 35.5. The summed E-state index contributed by atoms with van der Waals surface area (Å²) < 4.78 is 5.23. The van der Waals surface area contributed by atoms with E-state index in [-0.39, 0.29) is 6.42 Å². The summed E-state index contributed by atoms with van der Waals surface area (Å²) in [6.45, 7) is 1.53. The topological polar surface area (TPSA) is 68.3 Å². The Hall–Kier alpha value is -2.40. The molecule has 0 bridgehead atoms. The standard InChI is InChI=1S/C19H19ClN2O3/c1-12(19(24)22-17-8-7-16(20)11-21-17)25-18(23)10-13-5-6-14-3-2-4-15(14)9-13/h5-9,11-12H,2-4,10H2,1H3,(H,21,22,24)/t12-/m1/s1. The van der Waals surface area contributed by atoms with Crippen LogP contribution >= 0.6 is 11.6 Å². The number of anilines is 1. The van der Waals surface area contributed by atoms with E-state index in [0.29, 0.717) is 10.8 Å². The molecule has 0 saturated carbocycles. The molecular weight excluding hydrogens is 340 g/mol. The maximum atomic E-state index is 12.1. The SMILES string of the molecule is C[C@@H](OC(=O)Cc1ccc2c(c1)CCC2)C(=O)Nc1ccc(Cl)cn1.